The Kier molecular flexibility index (Phi) is 3.93. The molecule has 0 N–H and O–H groups in total. The third-order valence-corrected chi connectivity index (χ3v) is 2.26. The molecule has 0 fully saturated rings. The number of rotatable bonds is 4. The smallest absolute Gasteiger partial charge is 0.216 e. The van der Waals surface area contributed by atoms with Gasteiger partial charge in [-0.2, -0.15) is 5.26 Å². The van der Waals surface area contributed by atoms with Crippen molar-refractivity contribution in [1.29, 1.82) is 5.26 Å². The summed E-state index contributed by atoms with van der Waals surface area (Å²) in [7, 11) is 1.60. The SMILES string of the molecule is CCC(CC#N)c1cccnc1OC. The Morgan fingerprint density at radius 3 is 3.00 bits per heavy atom. The van der Waals surface area contributed by atoms with Gasteiger partial charge in [-0.3, -0.25) is 0 Å². The first-order valence-corrected chi connectivity index (χ1v) is 4.69. The van der Waals surface area contributed by atoms with Gasteiger partial charge in [0.1, 0.15) is 0 Å². The van der Waals surface area contributed by atoms with Gasteiger partial charge in [0.15, 0.2) is 0 Å². The zero-order valence-electron chi connectivity index (χ0n) is 8.53. The second-order valence-corrected chi connectivity index (χ2v) is 3.07. The van der Waals surface area contributed by atoms with Gasteiger partial charge in [-0.1, -0.05) is 13.0 Å². The monoisotopic (exact) mass is 190 g/mol. The van der Waals surface area contributed by atoms with Crippen molar-refractivity contribution in [2.45, 2.75) is 25.7 Å². The molecule has 0 saturated heterocycles. The van der Waals surface area contributed by atoms with E-state index in [1.807, 2.05) is 12.1 Å². The number of methoxy groups -OCH3 is 1. The van der Waals surface area contributed by atoms with E-state index in [1.165, 1.54) is 0 Å². The van der Waals surface area contributed by atoms with Crippen LogP contribution in [0.2, 0.25) is 0 Å². The summed E-state index contributed by atoms with van der Waals surface area (Å²) >= 11 is 0. The van der Waals surface area contributed by atoms with E-state index in [2.05, 4.69) is 18.0 Å². The van der Waals surface area contributed by atoms with E-state index in [9.17, 15) is 0 Å². The van der Waals surface area contributed by atoms with Crippen LogP contribution in [0.25, 0.3) is 0 Å². The van der Waals surface area contributed by atoms with Gasteiger partial charge < -0.3 is 4.74 Å². The molecule has 0 aliphatic rings. The largest absolute Gasteiger partial charge is 0.481 e. The van der Waals surface area contributed by atoms with Gasteiger partial charge in [-0.25, -0.2) is 4.98 Å². The fourth-order valence-corrected chi connectivity index (χ4v) is 1.47. The van der Waals surface area contributed by atoms with Crippen LogP contribution in [0.15, 0.2) is 18.3 Å². The van der Waals surface area contributed by atoms with Gasteiger partial charge in [0.25, 0.3) is 0 Å². The van der Waals surface area contributed by atoms with E-state index in [0.717, 1.165) is 12.0 Å². The number of hydrogen-bond acceptors (Lipinski definition) is 3. The number of nitrogens with zero attached hydrogens (tertiary/aromatic N) is 2. The summed E-state index contributed by atoms with van der Waals surface area (Å²) < 4.78 is 5.15. The summed E-state index contributed by atoms with van der Waals surface area (Å²) in [6, 6.07) is 6.03. The molecule has 0 bridgehead atoms. The first-order valence-electron chi connectivity index (χ1n) is 4.69. The molecule has 0 radical (unpaired) electrons. The molecular weight excluding hydrogens is 176 g/mol. The standard InChI is InChI=1S/C11H14N2O/c1-3-9(6-7-12)10-5-4-8-13-11(10)14-2/h4-5,8-9H,3,6H2,1-2H3. The van der Waals surface area contributed by atoms with Crippen molar-refractivity contribution in [1.82, 2.24) is 4.98 Å². The highest BCUT2D eigenvalue weighted by Crippen LogP contribution is 2.28. The lowest BCUT2D eigenvalue weighted by Gasteiger charge is -2.13. The molecule has 1 rings (SSSR count). The molecule has 3 nitrogen and oxygen atoms in total. The van der Waals surface area contributed by atoms with E-state index < -0.39 is 0 Å². The van der Waals surface area contributed by atoms with Crippen molar-refractivity contribution >= 4 is 0 Å². The van der Waals surface area contributed by atoms with Crippen LogP contribution < -0.4 is 4.74 Å². The molecule has 0 aliphatic carbocycles. The van der Waals surface area contributed by atoms with E-state index in [4.69, 9.17) is 10.00 Å². The quantitative estimate of drug-likeness (QED) is 0.732. The summed E-state index contributed by atoms with van der Waals surface area (Å²) in [5.41, 5.74) is 1.03. The molecule has 1 atom stereocenters. The Labute approximate surface area is 84.3 Å². The average molecular weight is 190 g/mol. The first-order chi connectivity index (χ1) is 6.83. The second kappa shape index (κ2) is 5.23. The van der Waals surface area contributed by atoms with Crippen LogP contribution >= 0.6 is 0 Å². The van der Waals surface area contributed by atoms with Crippen molar-refractivity contribution in [3.63, 3.8) is 0 Å². The zero-order chi connectivity index (χ0) is 10.4. The lowest BCUT2D eigenvalue weighted by atomic mass is 9.95. The van der Waals surface area contributed by atoms with Crippen molar-refractivity contribution in [2.75, 3.05) is 7.11 Å². The third kappa shape index (κ3) is 2.23. The van der Waals surface area contributed by atoms with Crippen molar-refractivity contribution in [2.24, 2.45) is 0 Å². The Morgan fingerprint density at radius 2 is 2.43 bits per heavy atom. The van der Waals surface area contributed by atoms with E-state index >= 15 is 0 Å². The van der Waals surface area contributed by atoms with Crippen LogP contribution in [0.5, 0.6) is 5.88 Å². The molecule has 1 heterocycles. The van der Waals surface area contributed by atoms with Gasteiger partial charge in [0.2, 0.25) is 5.88 Å². The number of aromatic nitrogens is 1. The zero-order valence-corrected chi connectivity index (χ0v) is 8.53. The van der Waals surface area contributed by atoms with Gasteiger partial charge in [-0.15, -0.1) is 0 Å². The molecule has 0 aliphatic heterocycles. The molecule has 3 heteroatoms. The topological polar surface area (TPSA) is 45.9 Å². The Hall–Kier alpha value is -1.56. The number of nitriles is 1. The highest BCUT2D eigenvalue weighted by atomic mass is 16.5. The lowest BCUT2D eigenvalue weighted by Crippen LogP contribution is -2.01. The molecule has 1 aromatic rings. The van der Waals surface area contributed by atoms with E-state index in [-0.39, 0.29) is 5.92 Å². The second-order valence-electron chi connectivity index (χ2n) is 3.07. The summed E-state index contributed by atoms with van der Waals surface area (Å²) in [5, 5.41) is 8.68. The minimum atomic E-state index is 0.226. The minimum absolute atomic E-state index is 0.226. The Bertz CT molecular complexity index is 330. The van der Waals surface area contributed by atoms with Crippen LogP contribution in [0, 0.1) is 11.3 Å². The van der Waals surface area contributed by atoms with E-state index in [1.54, 1.807) is 13.3 Å². The van der Waals surface area contributed by atoms with Crippen LogP contribution in [0.3, 0.4) is 0 Å². The molecule has 0 spiro atoms. The van der Waals surface area contributed by atoms with Gasteiger partial charge in [-0.05, 0) is 12.5 Å². The molecule has 1 unspecified atom stereocenters. The molecule has 0 amide bonds. The average Bonchev–Trinajstić information content (AvgIpc) is 2.26. The Balaban J connectivity index is 2.97. The molecule has 0 aromatic carbocycles. The molecule has 0 saturated carbocycles. The predicted octanol–water partition coefficient (Wildman–Crippen LogP) is 2.50. The predicted molar refractivity (Wildman–Crippen MR) is 54.1 cm³/mol. The number of pyridine rings is 1. The van der Waals surface area contributed by atoms with E-state index in [0.29, 0.717) is 12.3 Å². The summed E-state index contributed by atoms with van der Waals surface area (Å²) in [6.07, 6.45) is 3.13. The van der Waals surface area contributed by atoms with Crippen LogP contribution in [0.4, 0.5) is 0 Å². The number of hydrogen-bond donors (Lipinski definition) is 0. The maximum absolute atomic E-state index is 8.68. The number of ether oxygens (including phenoxy) is 1. The van der Waals surface area contributed by atoms with Crippen LogP contribution in [0.1, 0.15) is 31.2 Å². The van der Waals surface area contributed by atoms with Crippen molar-refractivity contribution in [3.8, 4) is 11.9 Å². The molecule has 14 heavy (non-hydrogen) atoms. The summed E-state index contributed by atoms with van der Waals surface area (Å²) in [6.45, 7) is 2.06. The fraction of sp³-hybridized carbons (Fsp3) is 0.455. The van der Waals surface area contributed by atoms with Crippen LogP contribution in [-0.4, -0.2) is 12.1 Å². The van der Waals surface area contributed by atoms with Gasteiger partial charge in [0, 0.05) is 24.1 Å². The third-order valence-electron chi connectivity index (χ3n) is 2.26. The first kappa shape index (κ1) is 10.5. The maximum Gasteiger partial charge on any atom is 0.216 e. The minimum Gasteiger partial charge on any atom is -0.481 e. The molecule has 1 aromatic heterocycles. The summed E-state index contributed by atoms with van der Waals surface area (Å²) in [5.74, 6) is 0.859. The van der Waals surface area contributed by atoms with Crippen LogP contribution in [-0.2, 0) is 0 Å². The highest BCUT2D eigenvalue weighted by Gasteiger charge is 2.14. The van der Waals surface area contributed by atoms with Gasteiger partial charge in [0.05, 0.1) is 13.2 Å². The normalized spacial score (nSPS) is 11.8. The molecule has 74 valence electrons. The lowest BCUT2D eigenvalue weighted by molar-refractivity contribution is 0.387. The van der Waals surface area contributed by atoms with Crippen molar-refractivity contribution < 1.29 is 4.74 Å². The fourth-order valence-electron chi connectivity index (χ4n) is 1.47. The highest BCUT2D eigenvalue weighted by molar-refractivity contribution is 5.29. The molecular formula is C11H14N2O. The summed E-state index contributed by atoms with van der Waals surface area (Å²) in [4.78, 5) is 4.12. The maximum atomic E-state index is 8.68. The Morgan fingerprint density at radius 1 is 1.64 bits per heavy atom. The van der Waals surface area contributed by atoms with Crippen molar-refractivity contribution in [3.05, 3.63) is 23.9 Å². The van der Waals surface area contributed by atoms with Gasteiger partial charge >= 0.3 is 0 Å².